The van der Waals surface area contributed by atoms with Crippen molar-refractivity contribution in [3.8, 4) is 17.1 Å². The van der Waals surface area contributed by atoms with E-state index >= 15 is 0 Å². The van der Waals surface area contributed by atoms with Crippen molar-refractivity contribution in [2.45, 2.75) is 32.4 Å². The fraction of sp³-hybridized carbons (Fsp3) is 0.227. The van der Waals surface area contributed by atoms with Gasteiger partial charge in [0.15, 0.2) is 5.82 Å². The first kappa shape index (κ1) is 23.2. The number of ether oxygens (including phenoxy) is 1. The Hall–Kier alpha value is -3.43. The first-order valence-corrected chi connectivity index (χ1v) is 9.49. The van der Waals surface area contributed by atoms with Crippen LogP contribution in [0, 0.1) is 17.5 Å². The number of hydrogen-bond acceptors (Lipinski definition) is 4. The summed E-state index contributed by atoms with van der Waals surface area (Å²) >= 11 is 0. The molecule has 0 aliphatic carbocycles. The van der Waals surface area contributed by atoms with Gasteiger partial charge in [-0.25, -0.2) is 27.9 Å². The minimum atomic E-state index is -5.27. The molecule has 0 saturated heterocycles. The summed E-state index contributed by atoms with van der Waals surface area (Å²) in [5.41, 5.74) is -1.51. The lowest BCUT2D eigenvalue weighted by atomic mass is 10.1. The summed E-state index contributed by atoms with van der Waals surface area (Å²) in [4.78, 5) is 20.5. The van der Waals surface area contributed by atoms with Gasteiger partial charge in [0.1, 0.15) is 28.8 Å². The van der Waals surface area contributed by atoms with Crippen molar-refractivity contribution in [2.24, 2.45) is 0 Å². The van der Waals surface area contributed by atoms with Gasteiger partial charge in [-0.15, -0.1) is 0 Å². The Balaban J connectivity index is 1.79. The Bertz CT molecular complexity index is 1110. The second kappa shape index (κ2) is 9.37. The minimum absolute atomic E-state index is 0.198. The number of esters is 1. The maximum Gasteiger partial charge on any atom is 0.422 e. The van der Waals surface area contributed by atoms with Crippen molar-refractivity contribution in [1.82, 2.24) is 9.97 Å². The van der Waals surface area contributed by atoms with Crippen LogP contribution in [0.25, 0.3) is 11.4 Å². The first-order valence-electron chi connectivity index (χ1n) is 9.49. The van der Waals surface area contributed by atoms with E-state index < -0.39 is 46.5 Å². The predicted molar refractivity (Wildman–Crippen MR) is 102 cm³/mol. The summed E-state index contributed by atoms with van der Waals surface area (Å²) in [5.74, 6) is -6.92. The van der Waals surface area contributed by atoms with Crippen LogP contribution in [0.4, 0.5) is 26.3 Å². The summed E-state index contributed by atoms with van der Waals surface area (Å²) in [6.45, 7) is 2.05. The van der Waals surface area contributed by atoms with E-state index in [0.717, 1.165) is 37.0 Å². The van der Waals surface area contributed by atoms with E-state index in [0.29, 0.717) is 0 Å². The molecule has 0 amide bonds. The molecule has 0 N–H and O–H groups in total. The van der Waals surface area contributed by atoms with Crippen LogP contribution in [0.1, 0.15) is 41.3 Å². The van der Waals surface area contributed by atoms with Crippen molar-refractivity contribution in [1.29, 1.82) is 0 Å². The molecule has 0 saturated carbocycles. The van der Waals surface area contributed by atoms with Crippen LogP contribution in [0.5, 0.6) is 5.75 Å². The third-order valence-electron chi connectivity index (χ3n) is 4.48. The number of nitrogens with zero attached hydrogens (tertiary/aromatic N) is 2. The Labute approximate surface area is 178 Å². The molecule has 0 bridgehead atoms. The lowest BCUT2D eigenvalue weighted by Crippen LogP contribution is -2.14. The molecule has 3 aromatic rings. The third kappa shape index (κ3) is 5.24. The third-order valence-corrected chi connectivity index (χ3v) is 4.48. The quantitative estimate of drug-likeness (QED) is 0.255. The normalized spacial score (nSPS) is 11.5. The zero-order valence-corrected chi connectivity index (χ0v) is 16.6. The molecule has 0 fully saturated rings. The summed E-state index contributed by atoms with van der Waals surface area (Å²) in [5, 5.41) is 0. The van der Waals surface area contributed by atoms with E-state index in [-0.39, 0.29) is 23.5 Å². The Morgan fingerprint density at radius 3 is 2.12 bits per heavy atom. The molecule has 10 heteroatoms. The van der Waals surface area contributed by atoms with Gasteiger partial charge in [-0.2, -0.15) is 13.2 Å². The van der Waals surface area contributed by atoms with Gasteiger partial charge in [-0.1, -0.05) is 19.4 Å². The van der Waals surface area contributed by atoms with Gasteiger partial charge in [-0.3, -0.25) is 0 Å². The highest BCUT2D eigenvalue weighted by Crippen LogP contribution is 2.35. The molecule has 0 aliphatic heterocycles. The predicted octanol–water partition coefficient (Wildman–Crippen LogP) is 6.14. The van der Waals surface area contributed by atoms with E-state index in [9.17, 15) is 31.1 Å². The van der Waals surface area contributed by atoms with E-state index in [1.54, 1.807) is 12.4 Å². The number of unbranched alkanes of at least 4 members (excludes halogenated alkanes) is 1. The topological polar surface area (TPSA) is 52.1 Å². The highest BCUT2D eigenvalue weighted by molar-refractivity contribution is 5.91. The van der Waals surface area contributed by atoms with E-state index in [4.69, 9.17) is 0 Å². The second-order valence-corrected chi connectivity index (χ2v) is 6.86. The number of aromatic nitrogens is 2. The molecule has 0 unspecified atom stereocenters. The molecule has 3 rings (SSSR count). The number of aryl methyl sites for hydroxylation is 1. The van der Waals surface area contributed by atoms with Crippen LogP contribution >= 0.6 is 0 Å². The minimum Gasteiger partial charge on any atom is -0.423 e. The standard InChI is InChI=1S/C22H16F6N2O2/c1-2-3-4-12-10-29-20(30-11-12)13-5-6-15(16(23)7-13)21(31)32-14-8-17(24)19(18(25)9-14)22(26,27)28/h5-11H,2-4H2,1H3. The Kier molecular flexibility index (Phi) is 6.81. The molecule has 0 atom stereocenters. The molecular weight excluding hydrogens is 438 g/mol. The van der Waals surface area contributed by atoms with Gasteiger partial charge in [0.2, 0.25) is 0 Å². The largest absolute Gasteiger partial charge is 0.423 e. The number of alkyl halides is 3. The number of benzene rings is 2. The van der Waals surface area contributed by atoms with Gasteiger partial charge in [-0.05, 0) is 30.5 Å². The Morgan fingerprint density at radius 2 is 1.59 bits per heavy atom. The zero-order valence-electron chi connectivity index (χ0n) is 16.6. The van der Waals surface area contributed by atoms with Crippen LogP contribution in [0.3, 0.4) is 0 Å². The van der Waals surface area contributed by atoms with Gasteiger partial charge in [0.05, 0.1) is 5.56 Å². The molecular formula is C22H16F6N2O2. The van der Waals surface area contributed by atoms with Crippen LogP contribution < -0.4 is 4.74 Å². The molecule has 2 aromatic carbocycles. The number of rotatable bonds is 6. The monoisotopic (exact) mass is 454 g/mol. The number of hydrogen-bond donors (Lipinski definition) is 0. The maximum absolute atomic E-state index is 14.5. The van der Waals surface area contributed by atoms with Gasteiger partial charge in [0.25, 0.3) is 0 Å². The van der Waals surface area contributed by atoms with Crippen LogP contribution in [-0.2, 0) is 12.6 Å². The molecule has 4 nitrogen and oxygen atoms in total. The summed E-state index contributed by atoms with van der Waals surface area (Å²) < 4.78 is 84.3. The average Bonchev–Trinajstić information content (AvgIpc) is 2.70. The fourth-order valence-electron chi connectivity index (χ4n) is 2.88. The van der Waals surface area contributed by atoms with Gasteiger partial charge in [0, 0.05) is 30.1 Å². The summed E-state index contributed by atoms with van der Waals surface area (Å²) in [6.07, 6.45) is 0.755. The lowest BCUT2D eigenvalue weighted by Gasteiger charge is -2.11. The average molecular weight is 454 g/mol. The van der Waals surface area contributed by atoms with Gasteiger partial charge < -0.3 is 4.74 Å². The number of carbonyl (C=O) groups excluding carboxylic acids is 1. The van der Waals surface area contributed by atoms with E-state index in [1.165, 1.54) is 6.07 Å². The van der Waals surface area contributed by atoms with E-state index in [1.807, 2.05) is 0 Å². The van der Waals surface area contributed by atoms with E-state index in [2.05, 4.69) is 21.6 Å². The van der Waals surface area contributed by atoms with Gasteiger partial charge >= 0.3 is 12.1 Å². The first-order chi connectivity index (χ1) is 15.1. The van der Waals surface area contributed by atoms with Crippen molar-refractivity contribution in [2.75, 3.05) is 0 Å². The SMILES string of the molecule is CCCCc1cnc(-c2ccc(C(=O)Oc3cc(F)c(C(F)(F)F)c(F)c3)c(F)c2)nc1. The molecule has 0 aliphatic rings. The highest BCUT2D eigenvalue weighted by atomic mass is 19.4. The van der Waals surface area contributed by atoms with Crippen molar-refractivity contribution in [3.63, 3.8) is 0 Å². The molecule has 168 valence electrons. The van der Waals surface area contributed by atoms with Crippen molar-refractivity contribution in [3.05, 3.63) is 76.9 Å². The smallest absolute Gasteiger partial charge is 0.422 e. The van der Waals surface area contributed by atoms with Crippen LogP contribution in [0.2, 0.25) is 0 Å². The highest BCUT2D eigenvalue weighted by Gasteiger charge is 2.38. The molecule has 32 heavy (non-hydrogen) atoms. The molecule has 0 spiro atoms. The van der Waals surface area contributed by atoms with Crippen molar-refractivity contribution >= 4 is 5.97 Å². The molecule has 0 radical (unpaired) electrons. The number of carbonyl (C=O) groups is 1. The lowest BCUT2D eigenvalue weighted by molar-refractivity contribution is -0.142. The molecule has 1 heterocycles. The van der Waals surface area contributed by atoms with Crippen LogP contribution in [0.15, 0.2) is 42.7 Å². The molecule has 1 aromatic heterocycles. The summed E-state index contributed by atoms with van der Waals surface area (Å²) in [7, 11) is 0. The maximum atomic E-state index is 14.5. The fourth-order valence-corrected chi connectivity index (χ4v) is 2.88. The Morgan fingerprint density at radius 1 is 0.969 bits per heavy atom. The zero-order chi connectivity index (χ0) is 23.5. The second-order valence-electron chi connectivity index (χ2n) is 6.86. The number of halogens is 6. The van der Waals surface area contributed by atoms with Crippen molar-refractivity contribution < 1.29 is 35.9 Å². The van der Waals surface area contributed by atoms with Crippen LogP contribution in [-0.4, -0.2) is 15.9 Å². The summed E-state index contributed by atoms with van der Waals surface area (Å²) in [6, 6.07) is 3.77.